The molecule has 0 aliphatic heterocycles. The highest BCUT2D eigenvalue weighted by molar-refractivity contribution is 8.01. The lowest BCUT2D eigenvalue weighted by molar-refractivity contribution is 0.322. The van der Waals surface area contributed by atoms with Gasteiger partial charge < -0.3 is 10.4 Å². The minimum absolute atomic E-state index is 0.179. The molecular weight excluding hydrogens is 218 g/mol. The van der Waals surface area contributed by atoms with E-state index in [1.807, 2.05) is 0 Å². The van der Waals surface area contributed by atoms with Gasteiger partial charge in [-0.2, -0.15) is 0 Å². The highest BCUT2D eigenvalue weighted by Gasteiger charge is 2.06. The van der Waals surface area contributed by atoms with Crippen molar-refractivity contribution in [3.63, 3.8) is 0 Å². The fraction of sp³-hybridized carbons (Fsp3) is 0.750. The molecule has 0 spiro atoms. The number of thioether (sulfide) groups is 1. The number of aliphatic hydroxyl groups excluding tert-OH is 1. The Labute approximate surface area is 92.1 Å². The largest absolute Gasteiger partial charge is 0.396 e. The van der Waals surface area contributed by atoms with Gasteiger partial charge in [0.25, 0.3) is 0 Å². The molecule has 0 bridgehead atoms. The standard InChI is InChI=1S/C8H15N3OS2/c1-3-6(2)9-7-10-11-8(14-7)13-5-4-12/h6,12H,3-5H2,1-2H3,(H,9,10). The summed E-state index contributed by atoms with van der Waals surface area (Å²) in [7, 11) is 0. The number of hydrogen-bond donors (Lipinski definition) is 2. The number of hydrogen-bond acceptors (Lipinski definition) is 6. The lowest BCUT2D eigenvalue weighted by Gasteiger charge is -2.07. The molecule has 6 heteroatoms. The van der Waals surface area contributed by atoms with E-state index in [0.29, 0.717) is 11.8 Å². The summed E-state index contributed by atoms with van der Waals surface area (Å²) in [5.41, 5.74) is 0. The predicted molar refractivity (Wildman–Crippen MR) is 61.1 cm³/mol. The fourth-order valence-electron chi connectivity index (χ4n) is 0.772. The maximum absolute atomic E-state index is 8.64. The Morgan fingerprint density at radius 1 is 1.57 bits per heavy atom. The Bertz CT molecular complexity index is 267. The Morgan fingerprint density at radius 3 is 3.00 bits per heavy atom. The second-order valence-corrected chi connectivity index (χ2v) is 5.22. The summed E-state index contributed by atoms with van der Waals surface area (Å²) < 4.78 is 0.907. The van der Waals surface area contributed by atoms with Gasteiger partial charge >= 0.3 is 0 Å². The van der Waals surface area contributed by atoms with E-state index in [0.717, 1.165) is 15.9 Å². The third kappa shape index (κ3) is 3.81. The molecule has 1 aromatic heterocycles. The molecule has 0 saturated heterocycles. The normalized spacial score (nSPS) is 12.8. The third-order valence-corrected chi connectivity index (χ3v) is 3.67. The van der Waals surface area contributed by atoms with Crippen LogP contribution >= 0.6 is 23.1 Å². The monoisotopic (exact) mass is 233 g/mol. The summed E-state index contributed by atoms with van der Waals surface area (Å²) in [5, 5.41) is 20.8. The lowest BCUT2D eigenvalue weighted by atomic mass is 10.3. The summed E-state index contributed by atoms with van der Waals surface area (Å²) in [6, 6.07) is 0.429. The van der Waals surface area contributed by atoms with Crippen LogP contribution in [0.1, 0.15) is 20.3 Å². The molecule has 0 amide bonds. The van der Waals surface area contributed by atoms with Crippen molar-refractivity contribution in [3.8, 4) is 0 Å². The number of nitrogens with one attached hydrogen (secondary N) is 1. The van der Waals surface area contributed by atoms with E-state index in [2.05, 4.69) is 29.4 Å². The van der Waals surface area contributed by atoms with Gasteiger partial charge in [-0.1, -0.05) is 30.0 Å². The SMILES string of the molecule is CCC(C)Nc1nnc(SCCO)s1. The van der Waals surface area contributed by atoms with E-state index in [4.69, 9.17) is 5.11 Å². The van der Waals surface area contributed by atoms with Crippen LogP contribution in [-0.4, -0.2) is 33.7 Å². The van der Waals surface area contributed by atoms with Crippen LogP contribution in [0.3, 0.4) is 0 Å². The summed E-state index contributed by atoms with van der Waals surface area (Å²) >= 11 is 3.07. The average Bonchev–Trinajstić information content (AvgIpc) is 2.62. The van der Waals surface area contributed by atoms with Gasteiger partial charge in [-0.25, -0.2) is 0 Å². The van der Waals surface area contributed by atoms with Crippen LogP contribution in [0.2, 0.25) is 0 Å². The Balaban J connectivity index is 2.42. The summed E-state index contributed by atoms with van der Waals surface area (Å²) in [4.78, 5) is 0. The third-order valence-electron chi connectivity index (χ3n) is 1.71. The maximum atomic E-state index is 8.64. The van der Waals surface area contributed by atoms with Crippen LogP contribution in [0.15, 0.2) is 4.34 Å². The van der Waals surface area contributed by atoms with Gasteiger partial charge in [-0.3, -0.25) is 0 Å². The van der Waals surface area contributed by atoms with Gasteiger partial charge in [0.2, 0.25) is 5.13 Å². The Kier molecular flexibility index (Phi) is 5.21. The molecule has 1 unspecified atom stereocenters. The number of nitrogens with zero attached hydrogens (tertiary/aromatic N) is 2. The van der Waals surface area contributed by atoms with Crippen LogP contribution in [0.4, 0.5) is 5.13 Å². The van der Waals surface area contributed by atoms with E-state index in [1.165, 1.54) is 23.1 Å². The molecule has 1 rings (SSSR count). The van der Waals surface area contributed by atoms with Crippen LogP contribution in [0.25, 0.3) is 0 Å². The van der Waals surface area contributed by atoms with Crippen molar-refractivity contribution in [2.45, 2.75) is 30.6 Å². The molecule has 0 fully saturated rings. The quantitative estimate of drug-likeness (QED) is 0.734. The van der Waals surface area contributed by atoms with Gasteiger partial charge in [0.05, 0.1) is 6.61 Å². The first-order chi connectivity index (χ1) is 6.76. The van der Waals surface area contributed by atoms with E-state index in [-0.39, 0.29) is 6.61 Å². The number of anilines is 1. The zero-order valence-corrected chi connectivity index (χ0v) is 9.99. The van der Waals surface area contributed by atoms with Crippen molar-refractivity contribution in [3.05, 3.63) is 0 Å². The van der Waals surface area contributed by atoms with Crippen LogP contribution < -0.4 is 5.32 Å². The van der Waals surface area contributed by atoms with Gasteiger partial charge in [0.1, 0.15) is 0 Å². The first kappa shape index (κ1) is 11.7. The van der Waals surface area contributed by atoms with Gasteiger partial charge in [-0.05, 0) is 13.3 Å². The molecule has 0 aliphatic carbocycles. The van der Waals surface area contributed by atoms with E-state index < -0.39 is 0 Å². The molecule has 0 aliphatic rings. The van der Waals surface area contributed by atoms with Crippen molar-refractivity contribution >= 4 is 28.2 Å². The van der Waals surface area contributed by atoms with Crippen LogP contribution in [0, 0.1) is 0 Å². The topological polar surface area (TPSA) is 58.0 Å². The maximum Gasteiger partial charge on any atom is 0.206 e. The minimum atomic E-state index is 0.179. The van der Waals surface area contributed by atoms with Gasteiger partial charge in [-0.15, -0.1) is 10.2 Å². The lowest BCUT2D eigenvalue weighted by Crippen LogP contribution is -2.12. The first-order valence-electron chi connectivity index (χ1n) is 4.60. The molecule has 1 heterocycles. The Hall–Kier alpha value is -0.330. The summed E-state index contributed by atoms with van der Waals surface area (Å²) in [6.45, 7) is 4.42. The Morgan fingerprint density at radius 2 is 2.36 bits per heavy atom. The predicted octanol–water partition coefficient (Wildman–Crippen LogP) is 1.83. The highest BCUT2D eigenvalue weighted by Crippen LogP contribution is 2.25. The van der Waals surface area contributed by atoms with E-state index in [9.17, 15) is 0 Å². The summed E-state index contributed by atoms with van der Waals surface area (Å²) in [6.07, 6.45) is 1.07. The van der Waals surface area contributed by atoms with Crippen LogP contribution in [0.5, 0.6) is 0 Å². The molecule has 0 radical (unpaired) electrons. The zero-order chi connectivity index (χ0) is 10.4. The van der Waals surface area contributed by atoms with Crippen molar-refractivity contribution in [2.24, 2.45) is 0 Å². The number of aliphatic hydroxyl groups is 1. The van der Waals surface area contributed by atoms with Crippen LogP contribution in [-0.2, 0) is 0 Å². The number of rotatable bonds is 6. The minimum Gasteiger partial charge on any atom is -0.396 e. The first-order valence-corrected chi connectivity index (χ1v) is 6.40. The molecule has 4 nitrogen and oxygen atoms in total. The second-order valence-electron chi connectivity index (χ2n) is 2.90. The molecule has 14 heavy (non-hydrogen) atoms. The molecule has 1 aromatic rings. The molecule has 0 aromatic carbocycles. The van der Waals surface area contributed by atoms with Crippen molar-refractivity contribution in [1.29, 1.82) is 0 Å². The van der Waals surface area contributed by atoms with Gasteiger partial charge in [0, 0.05) is 11.8 Å². The smallest absolute Gasteiger partial charge is 0.206 e. The molecule has 1 atom stereocenters. The van der Waals surface area contributed by atoms with Crippen molar-refractivity contribution in [2.75, 3.05) is 17.7 Å². The van der Waals surface area contributed by atoms with Crippen molar-refractivity contribution in [1.82, 2.24) is 10.2 Å². The van der Waals surface area contributed by atoms with E-state index in [1.54, 1.807) is 0 Å². The highest BCUT2D eigenvalue weighted by atomic mass is 32.2. The molecule has 2 N–H and O–H groups in total. The van der Waals surface area contributed by atoms with Crippen molar-refractivity contribution < 1.29 is 5.11 Å². The second kappa shape index (κ2) is 6.21. The molecule has 0 saturated carbocycles. The average molecular weight is 233 g/mol. The molecule has 80 valence electrons. The molecular formula is C8H15N3OS2. The fourth-order valence-corrected chi connectivity index (χ4v) is 2.45. The van der Waals surface area contributed by atoms with Gasteiger partial charge in [0.15, 0.2) is 4.34 Å². The van der Waals surface area contributed by atoms with E-state index >= 15 is 0 Å². The summed E-state index contributed by atoms with van der Waals surface area (Å²) in [5.74, 6) is 0.679. The zero-order valence-electron chi connectivity index (χ0n) is 8.36. The number of aromatic nitrogens is 2.